The Morgan fingerprint density at radius 2 is 1.43 bits per heavy atom. The number of phosphoric acid groups is 2. The number of hydrogen-bond acceptors (Lipinski definition) is 19. The SMILES string of the molecule is [B-]P(=O)(OP(=O)(O)OCC1O[C@@H]([n+]2cn(C)c3c2N=C(N)NC3=C)[C@H](O)[C@@H]1O)OP(=O)(O)OC[C@H]1OC([n+]2cn(C)c3c(=O)[nH]c(N)nc32)[C@H](O)[C@@H]1O. The van der Waals surface area contributed by atoms with Crippen molar-refractivity contribution in [1.29, 1.82) is 0 Å². The Labute approximate surface area is 297 Å². The number of imidazole rings is 2. The maximum Gasteiger partial charge on any atom is 0.476 e. The molecule has 289 valence electrons. The van der Waals surface area contributed by atoms with E-state index in [0.29, 0.717) is 11.4 Å². The molecule has 3 aliphatic heterocycles. The molecule has 3 aromatic rings. The molecule has 0 aromatic carbocycles. The van der Waals surface area contributed by atoms with Gasteiger partial charge in [-0.1, -0.05) is 16.6 Å². The third kappa shape index (κ3) is 7.78. The lowest BCUT2D eigenvalue weighted by molar-refractivity contribution is -0.754. The number of rotatable bonds is 12. The topological polar surface area (TPSA) is 368 Å². The molecule has 3 aliphatic rings. The Morgan fingerprint density at radius 1 is 0.925 bits per heavy atom. The number of aliphatic imine (C=N–C) groups is 1. The first-order valence-corrected chi connectivity index (χ1v) is 19.6. The first-order valence-electron chi connectivity index (χ1n) is 15.0. The molecule has 12 N–H and O–H groups in total. The number of aryl methyl sites for hydroxylation is 2. The third-order valence-corrected chi connectivity index (χ3v) is 12.6. The van der Waals surface area contributed by atoms with Crippen molar-refractivity contribution in [2.45, 2.75) is 49.1 Å². The molecular formula is C23H34BN10O16P3+. The zero-order chi connectivity index (χ0) is 38.9. The van der Waals surface area contributed by atoms with Gasteiger partial charge in [-0.3, -0.25) is 28.0 Å². The summed E-state index contributed by atoms with van der Waals surface area (Å²) in [4.78, 5) is 43.2. The second-order valence-corrected chi connectivity index (χ2v) is 16.8. The van der Waals surface area contributed by atoms with Crippen molar-refractivity contribution in [1.82, 2.24) is 24.4 Å². The normalized spacial score (nSPS) is 30.7. The summed E-state index contributed by atoms with van der Waals surface area (Å²) in [5.41, 5.74) is 11.6. The number of aliphatic hydroxyl groups is 4. The Kier molecular flexibility index (Phi) is 10.4. The van der Waals surface area contributed by atoms with E-state index in [0.717, 1.165) is 0 Å². The number of fused-ring (bicyclic) bond motifs is 2. The Morgan fingerprint density at radius 3 is 1.98 bits per heavy atom. The molecule has 3 aromatic heterocycles. The number of phosphoric ester groups is 2. The second kappa shape index (κ2) is 14.1. The molecule has 3 radical (unpaired) electrons. The van der Waals surface area contributed by atoms with Crippen molar-refractivity contribution in [2.75, 3.05) is 18.9 Å². The number of H-pyrrole nitrogens is 1. The van der Waals surface area contributed by atoms with Gasteiger partial charge >= 0.3 is 27.1 Å². The number of anilines is 1. The predicted octanol–water partition coefficient (Wildman–Crippen LogP) is -4.24. The summed E-state index contributed by atoms with van der Waals surface area (Å²) >= 11 is 0. The smallest absolute Gasteiger partial charge is 0.442 e. The van der Waals surface area contributed by atoms with E-state index >= 15 is 0 Å². The second-order valence-electron chi connectivity index (χ2n) is 12.0. The van der Waals surface area contributed by atoms with E-state index in [1.807, 2.05) is 0 Å². The van der Waals surface area contributed by atoms with Crippen LogP contribution in [0.3, 0.4) is 0 Å². The number of aromatic nitrogens is 6. The fourth-order valence-electron chi connectivity index (χ4n) is 5.91. The molecule has 0 amide bonds. The molecule has 11 atom stereocenters. The van der Waals surface area contributed by atoms with Crippen molar-refractivity contribution < 1.29 is 80.2 Å². The van der Waals surface area contributed by atoms with Crippen LogP contribution in [0.1, 0.15) is 18.1 Å². The molecule has 6 heterocycles. The van der Waals surface area contributed by atoms with E-state index < -0.39 is 91.0 Å². The fourth-order valence-corrected chi connectivity index (χ4v) is 9.65. The average Bonchev–Trinajstić information content (AvgIpc) is 3.71. The molecule has 2 saturated heterocycles. The van der Waals surface area contributed by atoms with Crippen molar-refractivity contribution >= 4 is 65.3 Å². The van der Waals surface area contributed by atoms with Gasteiger partial charge in [-0.15, -0.1) is 0 Å². The van der Waals surface area contributed by atoms with Gasteiger partial charge < -0.3 is 68.6 Å². The van der Waals surface area contributed by atoms with Crippen molar-refractivity contribution in [3.8, 4) is 0 Å². The van der Waals surface area contributed by atoms with Crippen LogP contribution in [0, 0.1) is 0 Å². The van der Waals surface area contributed by atoms with Gasteiger partial charge in [0.25, 0.3) is 17.5 Å². The van der Waals surface area contributed by atoms with Crippen LogP contribution in [0.25, 0.3) is 16.9 Å². The van der Waals surface area contributed by atoms with Crippen molar-refractivity contribution in [2.24, 2.45) is 24.8 Å². The molecule has 30 heteroatoms. The number of nitrogens with one attached hydrogen (secondary N) is 2. The number of aromatic amines is 1. The summed E-state index contributed by atoms with van der Waals surface area (Å²) in [5, 5.41) is 45.2. The number of nitrogens with two attached hydrogens (primary N) is 2. The molecule has 0 aliphatic carbocycles. The molecule has 5 unspecified atom stereocenters. The zero-order valence-corrected chi connectivity index (χ0v) is 30.1. The highest BCUT2D eigenvalue weighted by Gasteiger charge is 2.50. The van der Waals surface area contributed by atoms with Crippen LogP contribution in [0.2, 0.25) is 0 Å². The van der Waals surface area contributed by atoms with Crippen LogP contribution in [0.4, 0.5) is 11.8 Å². The summed E-state index contributed by atoms with van der Waals surface area (Å²) in [5.74, 6) is -0.0742. The summed E-state index contributed by atoms with van der Waals surface area (Å²) in [6.45, 7) is 1.86. The molecule has 0 spiro atoms. The molecule has 0 bridgehead atoms. The average molecular weight is 810 g/mol. The molecule has 2 fully saturated rings. The number of nitrogen functional groups attached to an aromatic ring is 1. The van der Waals surface area contributed by atoms with Gasteiger partial charge in [0.2, 0.25) is 18.0 Å². The lowest BCUT2D eigenvalue weighted by Gasteiger charge is -2.29. The zero-order valence-electron chi connectivity index (χ0n) is 27.4. The van der Waals surface area contributed by atoms with Gasteiger partial charge in [0, 0.05) is 0 Å². The summed E-state index contributed by atoms with van der Waals surface area (Å²) < 4.78 is 72.6. The van der Waals surface area contributed by atoms with Crippen LogP contribution >= 0.6 is 23.1 Å². The van der Waals surface area contributed by atoms with Crippen LogP contribution in [0.5, 0.6) is 0 Å². The van der Waals surface area contributed by atoms with Gasteiger partial charge in [-0.05, 0) is 0 Å². The highest BCUT2D eigenvalue weighted by atomic mass is 31.3. The molecule has 0 saturated carbocycles. The third-order valence-electron chi connectivity index (χ3n) is 8.15. The molecule has 6 rings (SSSR count). The minimum atomic E-state index is -5.55. The Bertz CT molecular complexity index is 2200. The van der Waals surface area contributed by atoms with Gasteiger partial charge in [-0.2, -0.15) is 0 Å². The standard InChI is InChI=1S/C23H32BN10O16P3/c1-8-11-17(28-22(25)27-8)33(6-31(11)2)20-15(37)13(35)9(47-20)4-45-52(41,42)49-51(24,40)50-53(43,44)46-5-10-14(36)16(38)21(48-10)34-7-32(3)12-18(34)29-23(26)30-19(12)39/h6-7,9-10,13-16,20-21,35-38H,1,4-5H2,2-3H3,(H6-2,25,26,27,28,29,30,39,41,42,43,44)/q-1/p+2/t9?,10-,13-,14-,15-,16-,20-,21?,51?/m1/s1. The van der Waals surface area contributed by atoms with Crippen LogP contribution in [-0.4, -0.2) is 113 Å². The molecule has 26 nitrogen and oxygen atoms in total. The van der Waals surface area contributed by atoms with E-state index in [-0.39, 0.29) is 28.9 Å². The highest BCUT2D eigenvalue weighted by Crippen LogP contribution is 2.67. The van der Waals surface area contributed by atoms with Crippen molar-refractivity contribution in [3.63, 3.8) is 0 Å². The number of aliphatic hydroxyl groups excluding tert-OH is 4. The largest absolute Gasteiger partial charge is 0.476 e. The fraction of sp³-hybridized carbons (Fsp3) is 0.522. The van der Waals surface area contributed by atoms with Gasteiger partial charge in [0.1, 0.15) is 36.6 Å². The molecule has 53 heavy (non-hydrogen) atoms. The quantitative estimate of drug-likeness (QED) is 0.0470. The van der Waals surface area contributed by atoms with Gasteiger partial charge in [0.15, 0.2) is 18.3 Å². The monoisotopic (exact) mass is 810 g/mol. The Balaban J connectivity index is 1.05. The van der Waals surface area contributed by atoms with Crippen LogP contribution in [0.15, 0.2) is 29.0 Å². The van der Waals surface area contributed by atoms with Crippen molar-refractivity contribution in [3.05, 3.63) is 35.3 Å². The first-order chi connectivity index (χ1) is 24.6. The number of ether oxygens (including phenoxy) is 2. The molecular weight excluding hydrogens is 776 g/mol. The van der Waals surface area contributed by atoms with E-state index in [9.17, 15) is 48.7 Å². The van der Waals surface area contributed by atoms with Crippen LogP contribution < -0.4 is 31.5 Å². The minimum absolute atomic E-state index is 0.0169. The number of nitrogens with zero attached hydrogens (tertiary/aromatic N) is 6. The number of guanidine groups is 1. The number of hydrogen-bond donors (Lipinski definition) is 10. The highest BCUT2D eigenvalue weighted by molar-refractivity contribution is 7.86. The van der Waals surface area contributed by atoms with Gasteiger partial charge in [-0.25, -0.2) is 26.9 Å². The van der Waals surface area contributed by atoms with E-state index in [1.54, 1.807) is 11.6 Å². The lowest BCUT2D eigenvalue weighted by Crippen LogP contribution is -2.46. The van der Waals surface area contributed by atoms with E-state index in [2.05, 4.69) is 35.5 Å². The maximum absolute atomic E-state index is 12.7. The van der Waals surface area contributed by atoms with E-state index in [1.165, 1.54) is 33.4 Å². The summed E-state index contributed by atoms with van der Waals surface area (Å²) in [6, 6.07) is 0. The minimum Gasteiger partial charge on any atom is -0.442 e. The summed E-state index contributed by atoms with van der Waals surface area (Å²) in [7, 11) is -8.16. The first kappa shape index (κ1) is 39.3. The van der Waals surface area contributed by atoms with Gasteiger partial charge in [0.05, 0.1) is 40.5 Å². The predicted molar refractivity (Wildman–Crippen MR) is 174 cm³/mol. The lowest BCUT2D eigenvalue weighted by atomic mass is 10.1. The maximum atomic E-state index is 12.7. The summed E-state index contributed by atoms with van der Waals surface area (Å²) in [6.07, 6.45) is -9.86. The Hall–Kier alpha value is -3.36. The van der Waals surface area contributed by atoms with E-state index in [4.69, 9.17) is 37.6 Å². The van der Waals surface area contributed by atoms with Crippen LogP contribution in [-0.2, 0) is 54.9 Å².